The molecule has 1 heterocycles. The maximum Gasteiger partial charge on any atom is 0.0631 e. The highest BCUT2D eigenvalue weighted by Crippen LogP contribution is 2.25. The standard InChI is InChI=1S/C13H25N3O/c1-4-11(3)16-7-6-12(15-16)8-13(5-2,9-14)10-17/h6-7,11,17H,4-5,8-10,14H2,1-3H3. The zero-order valence-electron chi connectivity index (χ0n) is 11.2. The van der Waals surface area contributed by atoms with Gasteiger partial charge in [0.15, 0.2) is 0 Å². The first kappa shape index (κ1) is 14.2. The number of aliphatic hydroxyl groups is 1. The van der Waals surface area contributed by atoms with E-state index in [1.807, 2.05) is 16.9 Å². The zero-order valence-corrected chi connectivity index (χ0v) is 11.2. The number of hydrogen-bond donors (Lipinski definition) is 2. The molecule has 0 aliphatic heterocycles. The molecule has 3 N–H and O–H groups in total. The van der Waals surface area contributed by atoms with Crippen LogP contribution in [0, 0.1) is 5.41 Å². The van der Waals surface area contributed by atoms with Gasteiger partial charge in [-0.15, -0.1) is 0 Å². The molecule has 4 nitrogen and oxygen atoms in total. The van der Waals surface area contributed by atoms with Crippen LogP contribution in [0.5, 0.6) is 0 Å². The van der Waals surface area contributed by atoms with E-state index in [4.69, 9.17) is 5.73 Å². The molecule has 0 aliphatic carbocycles. The van der Waals surface area contributed by atoms with Crippen molar-refractivity contribution >= 4 is 0 Å². The highest BCUT2D eigenvalue weighted by atomic mass is 16.3. The number of aliphatic hydroxyl groups excluding tert-OH is 1. The van der Waals surface area contributed by atoms with Crippen LogP contribution in [0.3, 0.4) is 0 Å². The maximum atomic E-state index is 9.49. The van der Waals surface area contributed by atoms with Gasteiger partial charge in [-0.25, -0.2) is 0 Å². The number of hydrogen-bond acceptors (Lipinski definition) is 3. The van der Waals surface area contributed by atoms with E-state index in [2.05, 4.69) is 25.9 Å². The van der Waals surface area contributed by atoms with Crippen LogP contribution in [0.1, 0.15) is 45.3 Å². The number of nitrogens with two attached hydrogens (primary N) is 1. The van der Waals surface area contributed by atoms with Crippen molar-refractivity contribution in [2.75, 3.05) is 13.2 Å². The van der Waals surface area contributed by atoms with Crippen LogP contribution >= 0.6 is 0 Å². The van der Waals surface area contributed by atoms with E-state index < -0.39 is 0 Å². The summed E-state index contributed by atoms with van der Waals surface area (Å²) in [6.45, 7) is 6.98. The van der Waals surface area contributed by atoms with Crippen molar-refractivity contribution in [2.45, 2.75) is 46.1 Å². The molecule has 1 aromatic rings. The van der Waals surface area contributed by atoms with Crippen LogP contribution < -0.4 is 5.73 Å². The first-order chi connectivity index (χ1) is 8.10. The number of aromatic nitrogens is 2. The first-order valence-corrected chi connectivity index (χ1v) is 6.45. The Kier molecular flexibility index (Phi) is 5.15. The third-order valence-corrected chi connectivity index (χ3v) is 3.78. The Morgan fingerprint density at radius 2 is 2.24 bits per heavy atom. The van der Waals surface area contributed by atoms with Gasteiger partial charge in [0, 0.05) is 30.6 Å². The second-order valence-corrected chi connectivity index (χ2v) is 4.94. The Hall–Kier alpha value is -0.870. The molecule has 0 amide bonds. The fourth-order valence-corrected chi connectivity index (χ4v) is 1.86. The third-order valence-electron chi connectivity index (χ3n) is 3.78. The Labute approximate surface area is 104 Å². The van der Waals surface area contributed by atoms with Gasteiger partial charge in [0.1, 0.15) is 0 Å². The molecular formula is C13H25N3O. The molecule has 0 spiro atoms. The summed E-state index contributed by atoms with van der Waals surface area (Å²) in [4.78, 5) is 0. The largest absolute Gasteiger partial charge is 0.396 e. The van der Waals surface area contributed by atoms with Crippen LogP contribution in [0.15, 0.2) is 12.3 Å². The van der Waals surface area contributed by atoms with Crippen molar-refractivity contribution in [1.82, 2.24) is 9.78 Å². The highest BCUT2D eigenvalue weighted by Gasteiger charge is 2.27. The van der Waals surface area contributed by atoms with Crippen LogP contribution in [0.25, 0.3) is 0 Å². The van der Waals surface area contributed by atoms with Crippen molar-refractivity contribution < 1.29 is 5.11 Å². The molecule has 0 fully saturated rings. The lowest BCUT2D eigenvalue weighted by Gasteiger charge is -2.28. The van der Waals surface area contributed by atoms with E-state index in [1.165, 1.54) is 0 Å². The van der Waals surface area contributed by atoms with E-state index in [9.17, 15) is 5.11 Å². The minimum absolute atomic E-state index is 0.121. The van der Waals surface area contributed by atoms with E-state index in [-0.39, 0.29) is 12.0 Å². The van der Waals surface area contributed by atoms with Crippen molar-refractivity contribution in [2.24, 2.45) is 11.1 Å². The van der Waals surface area contributed by atoms with E-state index in [0.29, 0.717) is 12.6 Å². The summed E-state index contributed by atoms with van der Waals surface area (Å²) in [5.74, 6) is 0. The smallest absolute Gasteiger partial charge is 0.0631 e. The molecule has 2 unspecified atom stereocenters. The molecule has 2 atom stereocenters. The molecule has 0 bridgehead atoms. The van der Waals surface area contributed by atoms with Gasteiger partial charge in [-0.3, -0.25) is 4.68 Å². The van der Waals surface area contributed by atoms with Gasteiger partial charge in [-0.1, -0.05) is 13.8 Å². The van der Waals surface area contributed by atoms with Gasteiger partial charge >= 0.3 is 0 Å². The lowest BCUT2D eigenvalue weighted by molar-refractivity contribution is 0.126. The minimum Gasteiger partial charge on any atom is -0.396 e. The summed E-state index contributed by atoms with van der Waals surface area (Å²) in [5.41, 5.74) is 6.58. The second-order valence-electron chi connectivity index (χ2n) is 4.94. The number of rotatable bonds is 7. The van der Waals surface area contributed by atoms with Crippen LogP contribution in [-0.2, 0) is 6.42 Å². The van der Waals surface area contributed by atoms with Crippen molar-refractivity contribution in [1.29, 1.82) is 0 Å². The highest BCUT2D eigenvalue weighted by molar-refractivity contribution is 5.04. The molecule has 17 heavy (non-hydrogen) atoms. The van der Waals surface area contributed by atoms with Gasteiger partial charge in [-0.2, -0.15) is 5.10 Å². The molecule has 98 valence electrons. The Morgan fingerprint density at radius 1 is 1.53 bits per heavy atom. The molecular weight excluding hydrogens is 214 g/mol. The average Bonchev–Trinajstić information content (AvgIpc) is 2.83. The molecule has 1 aromatic heterocycles. The van der Waals surface area contributed by atoms with Crippen molar-refractivity contribution in [3.05, 3.63) is 18.0 Å². The Bertz CT molecular complexity index is 323. The van der Waals surface area contributed by atoms with E-state index in [0.717, 1.165) is 25.0 Å². The van der Waals surface area contributed by atoms with Gasteiger partial charge in [-0.05, 0) is 25.8 Å². The summed E-state index contributed by atoms with van der Waals surface area (Å²) in [6, 6.07) is 2.45. The van der Waals surface area contributed by atoms with Crippen LogP contribution in [-0.4, -0.2) is 28.0 Å². The normalized spacial score (nSPS) is 16.8. The van der Waals surface area contributed by atoms with Gasteiger partial charge in [0.25, 0.3) is 0 Å². The van der Waals surface area contributed by atoms with E-state index >= 15 is 0 Å². The van der Waals surface area contributed by atoms with Gasteiger partial charge in [0.05, 0.1) is 12.3 Å². The average molecular weight is 239 g/mol. The topological polar surface area (TPSA) is 64.1 Å². The Morgan fingerprint density at radius 3 is 2.71 bits per heavy atom. The Balaban J connectivity index is 2.77. The lowest BCUT2D eigenvalue weighted by Crippen LogP contribution is -2.36. The van der Waals surface area contributed by atoms with E-state index in [1.54, 1.807) is 0 Å². The number of nitrogens with zero attached hydrogens (tertiary/aromatic N) is 2. The summed E-state index contributed by atoms with van der Waals surface area (Å²) < 4.78 is 1.99. The van der Waals surface area contributed by atoms with Crippen LogP contribution in [0.4, 0.5) is 0 Å². The second kappa shape index (κ2) is 6.17. The first-order valence-electron chi connectivity index (χ1n) is 6.45. The maximum absolute atomic E-state index is 9.49. The van der Waals surface area contributed by atoms with Crippen molar-refractivity contribution in [3.8, 4) is 0 Å². The predicted octanol–water partition coefficient (Wildman–Crippen LogP) is 1.74. The monoisotopic (exact) mass is 239 g/mol. The van der Waals surface area contributed by atoms with Gasteiger partial charge < -0.3 is 10.8 Å². The fourth-order valence-electron chi connectivity index (χ4n) is 1.86. The molecule has 0 radical (unpaired) electrons. The lowest BCUT2D eigenvalue weighted by atomic mass is 9.81. The predicted molar refractivity (Wildman–Crippen MR) is 69.8 cm³/mol. The molecule has 4 heteroatoms. The summed E-state index contributed by atoms with van der Waals surface area (Å²) >= 11 is 0. The molecule has 1 rings (SSSR count). The molecule has 0 saturated carbocycles. The summed E-state index contributed by atoms with van der Waals surface area (Å²) in [7, 11) is 0. The quantitative estimate of drug-likeness (QED) is 0.762. The van der Waals surface area contributed by atoms with Crippen LogP contribution in [0.2, 0.25) is 0 Å². The zero-order chi connectivity index (χ0) is 12.9. The minimum atomic E-state index is -0.214. The molecule has 0 aliphatic rings. The fraction of sp³-hybridized carbons (Fsp3) is 0.769. The summed E-state index contributed by atoms with van der Waals surface area (Å²) in [6.07, 6.45) is 4.70. The molecule has 0 saturated heterocycles. The SMILES string of the molecule is CCC(C)n1ccc(CC(CC)(CN)CO)n1. The van der Waals surface area contributed by atoms with Gasteiger partial charge in [0.2, 0.25) is 0 Å². The third kappa shape index (κ3) is 3.30. The molecule has 0 aromatic carbocycles. The summed E-state index contributed by atoms with van der Waals surface area (Å²) in [5, 5.41) is 14.0. The van der Waals surface area contributed by atoms with Crippen molar-refractivity contribution in [3.63, 3.8) is 0 Å².